The summed E-state index contributed by atoms with van der Waals surface area (Å²) in [7, 11) is 0.0417. The average molecular weight is 602 g/mol. The normalized spacial score (nSPS) is 11.8. The Bertz CT molecular complexity index is 1450. The Kier molecular flexibility index (Phi) is 14.1. The summed E-state index contributed by atoms with van der Waals surface area (Å²) < 4.78 is 51.4. The standard InChI is InChI=1S/C28H24F3N3O3S.C2H6.CH4O/c29-28(30,31)23-13-11-22(12-14-23)27-34-24(25(37-27)21-9-7-19(17-32)8-10-21)26(33)38(16-4-15-35)36-18-20-5-2-1-3-6-20;2*1-2/h1-3,5-14,35H,4,15-16,18,33H2;1-2H3;2H,1H3. The van der Waals surface area contributed by atoms with Crippen molar-refractivity contribution in [1.82, 2.24) is 4.98 Å². The van der Waals surface area contributed by atoms with Crippen molar-refractivity contribution in [2.45, 2.75) is 33.1 Å². The van der Waals surface area contributed by atoms with E-state index in [0.717, 1.165) is 24.8 Å². The van der Waals surface area contributed by atoms with Crippen LogP contribution >= 0.6 is 10.8 Å². The van der Waals surface area contributed by atoms with Gasteiger partial charge in [-0.3, -0.25) is 5.73 Å². The molecule has 42 heavy (non-hydrogen) atoms. The number of rotatable bonds is 9. The molecule has 0 aliphatic heterocycles. The molecule has 0 fully saturated rings. The van der Waals surface area contributed by atoms with Crippen LogP contribution in [0.4, 0.5) is 13.2 Å². The first-order chi connectivity index (χ1) is 20.3. The molecule has 11 heteroatoms. The van der Waals surface area contributed by atoms with Crippen LogP contribution in [0.1, 0.15) is 42.7 Å². The van der Waals surface area contributed by atoms with Crippen LogP contribution in [0.5, 0.6) is 0 Å². The first-order valence-electron chi connectivity index (χ1n) is 13.1. The minimum Gasteiger partial charge on any atom is -0.435 e. The molecular weight excluding hydrogens is 567 g/mol. The topological polar surface area (TPSA) is 126 Å². The van der Waals surface area contributed by atoms with Gasteiger partial charge >= 0.3 is 6.18 Å². The van der Waals surface area contributed by atoms with E-state index >= 15 is 0 Å². The molecule has 1 aromatic heterocycles. The number of halogens is 3. The zero-order chi connectivity index (χ0) is 31.1. The van der Waals surface area contributed by atoms with Crippen LogP contribution in [0.2, 0.25) is 0 Å². The predicted molar refractivity (Wildman–Crippen MR) is 160 cm³/mol. The molecule has 4 rings (SSSR count). The van der Waals surface area contributed by atoms with Gasteiger partial charge in [0.15, 0.2) is 5.76 Å². The lowest BCUT2D eigenvalue weighted by Gasteiger charge is -2.13. The zero-order valence-electron chi connectivity index (χ0n) is 23.6. The third kappa shape index (κ3) is 9.37. The molecule has 0 saturated heterocycles. The second-order valence-corrected chi connectivity index (χ2v) is 9.97. The molecule has 0 bridgehead atoms. The highest BCUT2D eigenvalue weighted by atomic mass is 32.2. The van der Waals surface area contributed by atoms with Crippen LogP contribution in [-0.2, 0) is 17.0 Å². The maximum atomic E-state index is 13.1. The van der Waals surface area contributed by atoms with Gasteiger partial charge in [0.05, 0.1) is 28.8 Å². The molecule has 7 nitrogen and oxygen atoms in total. The number of nitriles is 1. The fraction of sp³-hybridized carbons (Fsp3) is 0.258. The molecule has 4 N–H and O–H groups in total. The lowest BCUT2D eigenvalue weighted by molar-refractivity contribution is -0.137. The van der Waals surface area contributed by atoms with Gasteiger partial charge in [-0.15, -0.1) is 0 Å². The molecular formula is C31H34F3N3O4S. The van der Waals surface area contributed by atoms with Crippen LogP contribution < -0.4 is 5.73 Å². The fourth-order valence-corrected chi connectivity index (χ4v) is 5.04. The van der Waals surface area contributed by atoms with Gasteiger partial charge in [0.2, 0.25) is 5.89 Å². The number of hydrogen-bond acceptors (Lipinski definition) is 6. The molecule has 0 aliphatic rings. The zero-order valence-corrected chi connectivity index (χ0v) is 24.4. The Morgan fingerprint density at radius 2 is 1.57 bits per heavy atom. The van der Waals surface area contributed by atoms with E-state index in [1.807, 2.05) is 44.2 Å². The lowest BCUT2D eigenvalue weighted by atomic mass is 10.1. The van der Waals surface area contributed by atoms with Crippen LogP contribution in [-0.4, -0.2) is 39.7 Å². The molecule has 0 spiro atoms. The van der Waals surface area contributed by atoms with E-state index in [-0.39, 0.29) is 24.1 Å². The summed E-state index contributed by atoms with van der Waals surface area (Å²) >= 11 is 0. The molecule has 0 saturated carbocycles. The van der Waals surface area contributed by atoms with E-state index in [4.69, 9.17) is 24.7 Å². The summed E-state index contributed by atoms with van der Waals surface area (Å²) in [6, 6.07) is 22.7. The van der Waals surface area contributed by atoms with Gasteiger partial charge < -0.3 is 18.8 Å². The number of aliphatic hydroxyl groups is 2. The van der Waals surface area contributed by atoms with E-state index in [0.29, 0.717) is 40.3 Å². The summed E-state index contributed by atoms with van der Waals surface area (Å²) in [6.45, 7) is 4.23. The number of aromatic nitrogens is 1. The first-order valence-corrected chi connectivity index (χ1v) is 14.4. The second kappa shape index (κ2) is 17.2. The van der Waals surface area contributed by atoms with Gasteiger partial charge in [-0.05, 0) is 71.3 Å². The second-order valence-electron chi connectivity index (χ2n) is 8.20. The average Bonchev–Trinajstić information content (AvgIpc) is 3.48. The van der Waals surface area contributed by atoms with Crippen LogP contribution in [0.25, 0.3) is 22.8 Å². The van der Waals surface area contributed by atoms with E-state index in [1.54, 1.807) is 24.3 Å². The van der Waals surface area contributed by atoms with Crippen LogP contribution in [0, 0.1) is 11.3 Å². The Balaban J connectivity index is 0.00000148. The van der Waals surface area contributed by atoms with Gasteiger partial charge in [0.1, 0.15) is 5.69 Å². The quantitative estimate of drug-likeness (QED) is 0.181. The molecule has 1 unspecified atom stereocenters. The molecule has 0 amide bonds. The number of alkyl halides is 3. The predicted octanol–water partition coefficient (Wildman–Crippen LogP) is 6.75. The highest BCUT2D eigenvalue weighted by molar-refractivity contribution is 8.12. The molecule has 1 atom stereocenters. The number of nitrogens with two attached hydrogens (primary N) is 1. The number of hydrogen-bond donors (Lipinski definition) is 3. The third-order valence-electron chi connectivity index (χ3n) is 5.54. The van der Waals surface area contributed by atoms with Crippen molar-refractivity contribution in [1.29, 1.82) is 5.26 Å². The fourth-order valence-electron chi connectivity index (χ4n) is 3.55. The largest absolute Gasteiger partial charge is 0.435 e. The van der Waals surface area contributed by atoms with Gasteiger partial charge in [-0.2, -0.15) is 18.4 Å². The van der Waals surface area contributed by atoms with Crippen LogP contribution in [0.3, 0.4) is 0 Å². The number of nitrogens with zero attached hydrogens (tertiary/aromatic N) is 2. The number of benzene rings is 3. The molecule has 224 valence electrons. The van der Waals surface area contributed by atoms with Crippen LogP contribution in [0.15, 0.2) is 83.3 Å². The number of aliphatic hydroxyl groups excluding tert-OH is 2. The maximum absolute atomic E-state index is 13.1. The summed E-state index contributed by atoms with van der Waals surface area (Å²) in [4.78, 5) is 4.85. The SMILES string of the molecule is CC.CO.N#Cc1ccc(-c2oc(-c3ccc(C(F)(F)F)cc3)nc2/C(N)=S(\CCCO)OCc2ccccc2)cc1. The summed E-state index contributed by atoms with van der Waals surface area (Å²) in [5, 5.41) is 25.6. The van der Waals surface area contributed by atoms with Gasteiger partial charge in [0, 0.05) is 30.6 Å². The molecule has 1 heterocycles. The summed E-state index contributed by atoms with van der Waals surface area (Å²) in [6.07, 6.45) is -4.03. The Morgan fingerprint density at radius 1 is 0.976 bits per heavy atom. The Labute approximate surface area is 246 Å². The Morgan fingerprint density at radius 3 is 2.12 bits per heavy atom. The van der Waals surface area contributed by atoms with Crippen molar-refractivity contribution in [2.24, 2.45) is 5.73 Å². The summed E-state index contributed by atoms with van der Waals surface area (Å²) in [5.41, 5.74) is 8.43. The molecule has 3 aromatic carbocycles. The van der Waals surface area contributed by atoms with Gasteiger partial charge in [0.25, 0.3) is 0 Å². The van der Waals surface area contributed by atoms with Crippen molar-refractivity contribution in [3.05, 3.63) is 101 Å². The molecule has 4 aromatic rings. The van der Waals surface area contributed by atoms with Crippen molar-refractivity contribution in [3.63, 3.8) is 0 Å². The highest BCUT2D eigenvalue weighted by Crippen LogP contribution is 2.35. The van der Waals surface area contributed by atoms with Crippen molar-refractivity contribution < 1.29 is 32.0 Å². The van der Waals surface area contributed by atoms with Gasteiger partial charge in [-0.1, -0.05) is 44.2 Å². The molecule has 0 aliphatic carbocycles. The lowest BCUT2D eigenvalue weighted by Crippen LogP contribution is -2.17. The summed E-state index contributed by atoms with van der Waals surface area (Å²) in [5.74, 6) is 0.821. The monoisotopic (exact) mass is 601 g/mol. The van der Waals surface area contributed by atoms with E-state index in [1.165, 1.54) is 12.1 Å². The number of oxazole rings is 1. The van der Waals surface area contributed by atoms with E-state index < -0.39 is 22.5 Å². The minimum absolute atomic E-state index is 0.0520. The maximum Gasteiger partial charge on any atom is 0.416 e. The minimum atomic E-state index is -4.47. The van der Waals surface area contributed by atoms with Crippen molar-refractivity contribution in [2.75, 3.05) is 19.5 Å². The molecule has 0 radical (unpaired) electrons. The van der Waals surface area contributed by atoms with Crippen molar-refractivity contribution in [3.8, 4) is 28.8 Å². The Hall–Kier alpha value is -3.79. The van der Waals surface area contributed by atoms with E-state index in [9.17, 15) is 18.3 Å². The smallest absolute Gasteiger partial charge is 0.416 e. The highest BCUT2D eigenvalue weighted by Gasteiger charge is 2.30. The van der Waals surface area contributed by atoms with E-state index in [2.05, 4.69) is 11.1 Å². The first kappa shape index (κ1) is 34.4. The third-order valence-corrected chi connectivity index (χ3v) is 7.29. The van der Waals surface area contributed by atoms with Gasteiger partial charge in [-0.25, -0.2) is 4.98 Å². The van der Waals surface area contributed by atoms with Crippen molar-refractivity contribution >= 4 is 15.8 Å².